The minimum absolute atomic E-state index is 0.111. The van der Waals surface area contributed by atoms with Crippen LogP contribution in [0.15, 0.2) is 78.9 Å². The standard InChI is InChI=1S/C25H27NO2/c1-4-22(28-23-16-15-18(2)17-19(23)3)25(27)26-24(20-11-7-5-8-12-20)21-13-9-6-10-14-21/h5-17,22,24H,4H2,1-3H3,(H,26,27). The molecule has 0 spiro atoms. The van der Waals surface area contributed by atoms with Crippen LogP contribution in [-0.2, 0) is 4.79 Å². The third-order valence-corrected chi connectivity index (χ3v) is 4.82. The first-order valence-corrected chi connectivity index (χ1v) is 9.72. The third kappa shape index (κ3) is 4.80. The molecule has 3 heteroatoms. The molecule has 3 aromatic rings. The van der Waals surface area contributed by atoms with E-state index in [1.807, 2.05) is 93.6 Å². The summed E-state index contributed by atoms with van der Waals surface area (Å²) in [5.74, 6) is 0.642. The molecule has 0 aromatic heterocycles. The van der Waals surface area contributed by atoms with Crippen molar-refractivity contribution in [3.63, 3.8) is 0 Å². The van der Waals surface area contributed by atoms with E-state index in [9.17, 15) is 4.79 Å². The summed E-state index contributed by atoms with van der Waals surface area (Å²) in [6.45, 7) is 6.02. The first-order valence-electron chi connectivity index (χ1n) is 9.72. The number of nitrogens with one attached hydrogen (secondary N) is 1. The Labute approximate surface area is 167 Å². The maximum absolute atomic E-state index is 13.1. The number of hydrogen-bond donors (Lipinski definition) is 1. The molecule has 3 nitrogen and oxygen atoms in total. The molecule has 0 aliphatic rings. The molecule has 28 heavy (non-hydrogen) atoms. The van der Waals surface area contributed by atoms with Crippen LogP contribution in [0.2, 0.25) is 0 Å². The van der Waals surface area contributed by atoms with Gasteiger partial charge in [-0.15, -0.1) is 0 Å². The van der Waals surface area contributed by atoms with Gasteiger partial charge in [-0.1, -0.05) is 85.3 Å². The van der Waals surface area contributed by atoms with Gasteiger partial charge in [0.1, 0.15) is 5.75 Å². The summed E-state index contributed by atoms with van der Waals surface area (Å²) in [4.78, 5) is 13.1. The van der Waals surface area contributed by atoms with Gasteiger partial charge >= 0.3 is 0 Å². The second-order valence-corrected chi connectivity index (χ2v) is 7.05. The van der Waals surface area contributed by atoms with Gasteiger partial charge < -0.3 is 10.1 Å². The van der Waals surface area contributed by atoms with Gasteiger partial charge in [0.25, 0.3) is 5.91 Å². The zero-order valence-corrected chi connectivity index (χ0v) is 16.7. The zero-order chi connectivity index (χ0) is 19.9. The Morgan fingerprint density at radius 2 is 1.46 bits per heavy atom. The Balaban J connectivity index is 1.82. The molecule has 0 aliphatic heterocycles. The van der Waals surface area contributed by atoms with Gasteiger partial charge in [-0.05, 0) is 43.0 Å². The van der Waals surface area contributed by atoms with Gasteiger partial charge in [-0.25, -0.2) is 0 Å². The molecular formula is C25H27NO2. The second kappa shape index (κ2) is 9.23. The summed E-state index contributed by atoms with van der Waals surface area (Å²) in [7, 11) is 0. The highest BCUT2D eigenvalue weighted by Crippen LogP contribution is 2.24. The average molecular weight is 373 g/mol. The quantitative estimate of drug-likeness (QED) is 0.605. The summed E-state index contributed by atoms with van der Waals surface area (Å²) >= 11 is 0. The Hall–Kier alpha value is -3.07. The van der Waals surface area contributed by atoms with Crippen LogP contribution in [0.4, 0.5) is 0 Å². The summed E-state index contributed by atoms with van der Waals surface area (Å²) in [5.41, 5.74) is 4.30. The monoisotopic (exact) mass is 373 g/mol. The van der Waals surface area contributed by atoms with E-state index >= 15 is 0 Å². The van der Waals surface area contributed by atoms with E-state index in [1.165, 1.54) is 5.56 Å². The predicted molar refractivity (Wildman–Crippen MR) is 113 cm³/mol. The summed E-state index contributed by atoms with van der Waals surface area (Å²) < 4.78 is 6.07. The molecule has 0 fully saturated rings. The zero-order valence-electron chi connectivity index (χ0n) is 16.7. The van der Waals surface area contributed by atoms with Crippen LogP contribution >= 0.6 is 0 Å². The number of benzene rings is 3. The van der Waals surface area contributed by atoms with E-state index in [-0.39, 0.29) is 11.9 Å². The summed E-state index contributed by atoms with van der Waals surface area (Å²) in [6, 6.07) is 25.8. The maximum Gasteiger partial charge on any atom is 0.261 e. The van der Waals surface area contributed by atoms with E-state index in [0.29, 0.717) is 6.42 Å². The maximum atomic E-state index is 13.1. The molecule has 1 N–H and O–H groups in total. The van der Waals surface area contributed by atoms with Crippen molar-refractivity contribution in [2.24, 2.45) is 0 Å². The second-order valence-electron chi connectivity index (χ2n) is 7.05. The Morgan fingerprint density at radius 1 is 0.893 bits per heavy atom. The van der Waals surface area contributed by atoms with E-state index in [1.54, 1.807) is 0 Å². The fraction of sp³-hybridized carbons (Fsp3) is 0.240. The Morgan fingerprint density at radius 3 is 1.96 bits per heavy atom. The number of aryl methyl sites for hydroxylation is 2. The summed E-state index contributed by atoms with van der Waals surface area (Å²) in [6.07, 6.45) is 0.0476. The average Bonchev–Trinajstić information content (AvgIpc) is 2.72. The van der Waals surface area contributed by atoms with Crippen molar-refractivity contribution in [1.29, 1.82) is 0 Å². The molecule has 3 aromatic carbocycles. The molecular weight excluding hydrogens is 346 g/mol. The van der Waals surface area contributed by atoms with Crippen molar-refractivity contribution in [2.45, 2.75) is 39.3 Å². The van der Waals surface area contributed by atoms with Crippen molar-refractivity contribution in [3.05, 3.63) is 101 Å². The van der Waals surface area contributed by atoms with Crippen molar-refractivity contribution in [1.82, 2.24) is 5.32 Å². The van der Waals surface area contributed by atoms with Crippen LogP contribution in [0.1, 0.15) is 41.6 Å². The van der Waals surface area contributed by atoms with Crippen LogP contribution < -0.4 is 10.1 Å². The molecule has 0 aliphatic carbocycles. The molecule has 1 amide bonds. The molecule has 0 radical (unpaired) electrons. The lowest BCUT2D eigenvalue weighted by atomic mass is 9.98. The molecule has 0 heterocycles. The molecule has 144 valence electrons. The van der Waals surface area contributed by atoms with Crippen LogP contribution in [0.3, 0.4) is 0 Å². The Kier molecular flexibility index (Phi) is 6.49. The molecule has 1 unspecified atom stereocenters. The van der Waals surface area contributed by atoms with Crippen molar-refractivity contribution in [2.75, 3.05) is 0 Å². The van der Waals surface area contributed by atoms with Gasteiger partial charge in [0, 0.05) is 0 Å². The highest BCUT2D eigenvalue weighted by molar-refractivity contribution is 5.82. The van der Waals surface area contributed by atoms with Crippen molar-refractivity contribution < 1.29 is 9.53 Å². The van der Waals surface area contributed by atoms with E-state index in [0.717, 1.165) is 22.4 Å². The molecule has 1 atom stereocenters. The lowest BCUT2D eigenvalue weighted by Gasteiger charge is -2.24. The lowest BCUT2D eigenvalue weighted by Crippen LogP contribution is -2.40. The van der Waals surface area contributed by atoms with Crippen molar-refractivity contribution >= 4 is 5.91 Å². The lowest BCUT2D eigenvalue weighted by molar-refractivity contribution is -0.128. The molecule has 0 saturated heterocycles. The number of ether oxygens (including phenoxy) is 1. The first kappa shape index (κ1) is 19.7. The topological polar surface area (TPSA) is 38.3 Å². The van der Waals surface area contributed by atoms with Crippen LogP contribution in [0.5, 0.6) is 5.75 Å². The minimum atomic E-state index is -0.545. The number of amides is 1. The van der Waals surface area contributed by atoms with E-state index in [2.05, 4.69) is 11.4 Å². The van der Waals surface area contributed by atoms with Crippen LogP contribution in [0, 0.1) is 13.8 Å². The first-order chi connectivity index (χ1) is 13.6. The number of hydrogen-bond acceptors (Lipinski definition) is 2. The highest BCUT2D eigenvalue weighted by atomic mass is 16.5. The van der Waals surface area contributed by atoms with Crippen LogP contribution in [-0.4, -0.2) is 12.0 Å². The predicted octanol–water partition coefficient (Wildman–Crippen LogP) is 5.37. The molecule has 0 bridgehead atoms. The SMILES string of the molecule is CCC(Oc1ccc(C)cc1C)C(=O)NC(c1ccccc1)c1ccccc1. The van der Waals surface area contributed by atoms with Gasteiger partial charge in [0.05, 0.1) is 6.04 Å². The Bertz CT molecular complexity index is 867. The highest BCUT2D eigenvalue weighted by Gasteiger charge is 2.24. The smallest absolute Gasteiger partial charge is 0.261 e. The normalized spacial score (nSPS) is 11.9. The van der Waals surface area contributed by atoms with E-state index < -0.39 is 6.10 Å². The van der Waals surface area contributed by atoms with Gasteiger partial charge in [0.15, 0.2) is 6.10 Å². The molecule has 3 rings (SSSR count). The van der Waals surface area contributed by atoms with E-state index in [4.69, 9.17) is 4.74 Å². The number of rotatable bonds is 7. The fourth-order valence-electron chi connectivity index (χ4n) is 3.29. The van der Waals surface area contributed by atoms with Crippen LogP contribution in [0.25, 0.3) is 0 Å². The van der Waals surface area contributed by atoms with Gasteiger partial charge in [-0.3, -0.25) is 4.79 Å². The minimum Gasteiger partial charge on any atom is -0.480 e. The largest absolute Gasteiger partial charge is 0.480 e. The third-order valence-electron chi connectivity index (χ3n) is 4.82. The molecule has 0 saturated carbocycles. The number of carbonyl (C=O) groups excluding carboxylic acids is 1. The number of carbonyl (C=O) groups is 1. The summed E-state index contributed by atoms with van der Waals surface area (Å²) in [5, 5.41) is 3.19. The van der Waals surface area contributed by atoms with Crippen molar-refractivity contribution in [3.8, 4) is 5.75 Å². The fourth-order valence-corrected chi connectivity index (χ4v) is 3.29. The van der Waals surface area contributed by atoms with Gasteiger partial charge in [0.2, 0.25) is 0 Å². The van der Waals surface area contributed by atoms with Gasteiger partial charge in [-0.2, -0.15) is 0 Å².